The van der Waals surface area contributed by atoms with Gasteiger partial charge in [0.05, 0.1) is 18.0 Å². The highest BCUT2D eigenvalue weighted by atomic mass is 32.2. The van der Waals surface area contributed by atoms with E-state index in [4.69, 9.17) is 10.5 Å². The monoisotopic (exact) mass is 318 g/mol. The molecule has 1 heterocycles. The van der Waals surface area contributed by atoms with E-state index in [1.807, 2.05) is 13.8 Å². The van der Waals surface area contributed by atoms with E-state index in [1.54, 1.807) is 14.0 Å². The van der Waals surface area contributed by atoms with Gasteiger partial charge < -0.3 is 10.5 Å². The van der Waals surface area contributed by atoms with Crippen molar-refractivity contribution in [2.75, 3.05) is 20.3 Å². The number of ether oxygens (including phenoxy) is 1. The fraction of sp³-hybridized carbons (Fsp3) is 0.769. The number of hydrogen-bond acceptors (Lipinski definition) is 5. The van der Waals surface area contributed by atoms with Crippen molar-refractivity contribution in [1.29, 1.82) is 0 Å². The molecule has 0 atom stereocenters. The Labute approximate surface area is 126 Å². The molecular formula is C13H26N4O3S. The molecule has 0 aliphatic rings. The van der Waals surface area contributed by atoms with Gasteiger partial charge in [0.25, 0.3) is 0 Å². The summed E-state index contributed by atoms with van der Waals surface area (Å²) in [5.74, 6) is 0. The molecule has 0 unspecified atom stereocenters. The molecule has 1 aromatic heterocycles. The summed E-state index contributed by atoms with van der Waals surface area (Å²) in [5.41, 5.74) is 6.51. The van der Waals surface area contributed by atoms with Crippen LogP contribution in [0.4, 0.5) is 0 Å². The van der Waals surface area contributed by atoms with E-state index in [0.29, 0.717) is 24.5 Å². The quantitative estimate of drug-likeness (QED) is 0.707. The van der Waals surface area contributed by atoms with Crippen LogP contribution in [0, 0.1) is 6.92 Å². The fourth-order valence-electron chi connectivity index (χ4n) is 2.44. The van der Waals surface area contributed by atoms with Gasteiger partial charge in [0.2, 0.25) is 10.0 Å². The van der Waals surface area contributed by atoms with Gasteiger partial charge >= 0.3 is 0 Å². The highest BCUT2D eigenvalue weighted by Gasteiger charge is 2.33. The summed E-state index contributed by atoms with van der Waals surface area (Å²) in [6.07, 6.45) is 1.49. The molecule has 0 aliphatic heterocycles. The maximum absolute atomic E-state index is 13.0. The van der Waals surface area contributed by atoms with E-state index in [-0.39, 0.29) is 17.5 Å². The second-order valence-corrected chi connectivity index (χ2v) is 6.73. The van der Waals surface area contributed by atoms with E-state index in [0.717, 1.165) is 12.8 Å². The predicted molar refractivity (Wildman–Crippen MR) is 81.4 cm³/mol. The number of aromatic nitrogens is 2. The Morgan fingerprint density at radius 1 is 1.38 bits per heavy atom. The summed E-state index contributed by atoms with van der Waals surface area (Å²) in [5, 5.41) is 6.70. The van der Waals surface area contributed by atoms with Crippen molar-refractivity contribution in [3.05, 3.63) is 11.4 Å². The smallest absolute Gasteiger partial charge is 0.247 e. The third-order valence-corrected chi connectivity index (χ3v) is 5.74. The van der Waals surface area contributed by atoms with Gasteiger partial charge in [0.1, 0.15) is 4.90 Å². The molecule has 0 spiro atoms. The van der Waals surface area contributed by atoms with Crippen LogP contribution in [-0.2, 0) is 21.3 Å². The molecule has 1 aromatic rings. The number of H-pyrrole nitrogens is 1. The molecule has 8 heteroatoms. The zero-order chi connectivity index (χ0) is 16.0. The molecule has 3 N–H and O–H groups in total. The summed E-state index contributed by atoms with van der Waals surface area (Å²) in [6, 6.07) is -0.0647. The summed E-state index contributed by atoms with van der Waals surface area (Å²) >= 11 is 0. The van der Waals surface area contributed by atoms with Crippen molar-refractivity contribution in [3.63, 3.8) is 0 Å². The average molecular weight is 318 g/mol. The first-order valence-electron chi connectivity index (χ1n) is 7.18. The lowest BCUT2D eigenvalue weighted by Crippen LogP contribution is -2.42. The topological polar surface area (TPSA) is 101 Å². The van der Waals surface area contributed by atoms with Gasteiger partial charge in [-0.2, -0.15) is 9.40 Å². The molecule has 0 radical (unpaired) electrons. The summed E-state index contributed by atoms with van der Waals surface area (Å²) in [7, 11) is -2.09. The second kappa shape index (κ2) is 7.88. The predicted octanol–water partition coefficient (Wildman–Crippen LogP) is 1.00. The van der Waals surface area contributed by atoms with Gasteiger partial charge in [0.15, 0.2) is 0 Å². The minimum atomic E-state index is -3.65. The van der Waals surface area contributed by atoms with E-state index in [9.17, 15) is 8.42 Å². The fourth-order valence-corrected chi connectivity index (χ4v) is 4.54. The SMILES string of the molecule is CCC(CC)N(CCOC)S(=O)(=O)c1c(CN)n[nH]c1C. The lowest BCUT2D eigenvalue weighted by Gasteiger charge is -2.29. The average Bonchev–Trinajstić information content (AvgIpc) is 2.85. The Bertz CT molecular complexity index is 538. The van der Waals surface area contributed by atoms with Gasteiger partial charge in [-0.15, -0.1) is 0 Å². The van der Waals surface area contributed by atoms with Crippen molar-refractivity contribution in [3.8, 4) is 0 Å². The number of aromatic amines is 1. The molecule has 21 heavy (non-hydrogen) atoms. The molecule has 0 saturated heterocycles. The minimum Gasteiger partial charge on any atom is -0.383 e. The Morgan fingerprint density at radius 2 is 2.00 bits per heavy atom. The number of nitrogens with one attached hydrogen (secondary N) is 1. The lowest BCUT2D eigenvalue weighted by atomic mass is 10.2. The first kappa shape index (κ1) is 18.1. The number of sulfonamides is 1. The third-order valence-electron chi connectivity index (χ3n) is 3.59. The normalized spacial score (nSPS) is 12.5. The van der Waals surface area contributed by atoms with Gasteiger partial charge in [-0.1, -0.05) is 13.8 Å². The van der Waals surface area contributed by atoms with Crippen LogP contribution in [0.5, 0.6) is 0 Å². The molecule has 0 fully saturated rings. The molecule has 0 aliphatic carbocycles. The van der Waals surface area contributed by atoms with Crippen molar-refractivity contribution in [2.24, 2.45) is 5.73 Å². The van der Waals surface area contributed by atoms with Crippen LogP contribution in [-0.4, -0.2) is 49.2 Å². The van der Waals surface area contributed by atoms with E-state index < -0.39 is 10.0 Å². The number of hydrogen-bond donors (Lipinski definition) is 2. The van der Waals surface area contributed by atoms with Crippen LogP contribution in [0.25, 0.3) is 0 Å². The maximum atomic E-state index is 13.0. The molecule has 0 saturated carbocycles. The Balaban J connectivity index is 3.29. The van der Waals surface area contributed by atoms with E-state index in [1.165, 1.54) is 4.31 Å². The molecule has 122 valence electrons. The highest BCUT2D eigenvalue weighted by Crippen LogP contribution is 2.25. The van der Waals surface area contributed by atoms with E-state index in [2.05, 4.69) is 10.2 Å². The Morgan fingerprint density at radius 3 is 2.48 bits per heavy atom. The van der Waals surface area contributed by atoms with Crippen molar-refractivity contribution in [2.45, 2.75) is 51.1 Å². The first-order valence-corrected chi connectivity index (χ1v) is 8.62. The summed E-state index contributed by atoms with van der Waals surface area (Å²) < 4.78 is 32.6. The first-order chi connectivity index (χ1) is 9.93. The lowest BCUT2D eigenvalue weighted by molar-refractivity contribution is 0.163. The number of nitrogens with two attached hydrogens (primary N) is 1. The Kier molecular flexibility index (Phi) is 6.79. The number of rotatable bonds is 9. The highest BCUT2D eigenvalue weighted by molar-refractivity contribution is 7.89. The standard InChI is InChI=1S/C13H26N4O3S/c1-5-11(6-2)17(7-8-20-4)21(18,19)13-10(3)15-16-12(13)9-14/h11H,5-9,14H2,1-4H3,(H,15,16). The number of methoxy groups -OCH3 is 1. The van der Waals surface area contributed by atoms with Crippen LogP contribution in [0.3, 0.4) is 0 Å². The second-order valence-electron chi connectivity index (χ2n) is 4.91. The molecule has 0 amide bonds. The molecule has 0 aromatic carbocycles. The summed E-state index contributed by atoms with van der Waals surface area (Å²) in [4.78, 5) is 0.202. The molecule has 7 nitrogen and oxygen atoms in total. The van der Waals surface area contributed by atoms with Gasteiger partial charge in [-0.3, -0.25) is 5.10 Å². The van der Waals surface area contributed by atoms with Gasteiger partial charge in [-0.25, -0.2) is 8.42 Å². The number of nitrogens with zero attached hydrogens (tertiary/aromatic N) is 2. The van der Waals surface area contributed by atoms with Crippen molar-refractivity contribution in [1.82, 2.24) is 14.5 Å². The molecule has 1 rings (SSSR count). The maximum Gasteiger partial charge on any atom is 0.247 e. The largest absolute Gasteiger partial charge is 0.383 e. The van der Waals surface area contributed by atoms with E-state index >= 15 is 0 Å². The van der Waals surface area contributed by atoms with Crippen LogP contribution >= 0.6 is 0 Å². The zero-order valence-electron chi connectivity index (χ0n) is 13.2. The van der Waals surface area contributed by atoms with Crippen LogP contribution in [0.15, 0.2) is 4.90 Å². The van der Waals surface area contributed by atoms with Gasteiger partial charge in [0, 0.05) is 26.2 Å². The molecule has 0 bridgehead atoms. The minimum absolute atomic E-state index is 0.0647. The van der Waals surface area contributed by atoms with Crippen LogP contribution < -0.4 is 5.73 Å². The van der Waals surface area contributed by atoms with Gasteiger partial charge in [-0.05, 0) is 19.8 Å². The van der Waals surface area contributed by atoms with Crippen LogP contribution in [0.1, 0.15) is 38.1 Å². The van der Waals surface area contributed by atoms with Crippen molar-refractivity contribution < 1.29 is 13.2 Å². The zero-order valence-corrected chi connectivity index (χ0v) is 14.0. The third kappa shape index (κ3) is 3.82. The van der Waals surface area contributed by atoms with Crippen molar-refractivity contribution >= 4 is 10.0 Å². The Hall–Kier alpha value is -0.960. The van der Waals surface area contributed by atoms with Crippen LogP contribution in [0.2, 0.25) is 0 Å². The molecular weight excluding hydrogens is 292 g/mol. The number of aryl methyl sites for hydroxylation is 1. The summed E-state index contributed by atoms with van der Waals surface area (Å²) in [6.45, 7) is 6.41.